The summed E-state index contributed by atoms with van der Waals surface area (Å²) in [4.78, 5) is 39.1. The van der Waals surface area contributed by atoms with Crippen molar-refractivity contribution in [2.75, 3.05) is 43.6 Å². The number of likely N-dealkylation sites (tertiary alicyclic amines) is 2. The number of alkyl halides is 3. The van der Waals surface area contributed by atoms with E-state index < -0.39 is 11.7 Å². The van der Waals surface area contributed by atoms with Gasteiger partial charge in [-0.1, -0.05) is 0 Å². The van der Waals surface area contributed by atoms with Crippen molar-refractivity contribution in [3.8, 4) is 5.75 Å². The highest BCUT2D eigenvalue weighted by atomic mass is 19.4. The molecule has 3 aromatic rings. The minimum atomic E-state index is -4.50. The predicted octanol–water partition coefficient (Wildman–Crippen LogP) is 3.39. The van der Waals surface area contributed by atoms with E-state index in [1.807, 2.05) is 4.90 Å². The third kappa shape index (κ3) is 3.90. The fraction of sp³-hybridized carbons (Fsp3) is 0.407. The molecule has 1 aliphatic carbocycles. The molecule has 3 aliphatic heterocycles. The van der Waals surface area contributed by atoms with Crippen molar-refractivity contribution in [2.24, 2.45) is 23.7 Å². The van der Waals surface area contributed by atoms with Gasteiger partial charge in [0, 0.05) is 37.6 Å². The number of pyridine rings is 2. The maximum absolute atomic E-state index is 13.5. The summed E-state index contributed by atoms with van der Waals surface area (Å²) in [5.74, 6) is 1.62. The zero-order valence-corrected chi connectivity index (χ0v) is 21.5. The van der Waals surface area contributed by atoms with Crippen molar-refractivity contribution in [1.29, 1.82) is 0 Å². The third-order valence-electron chi connectivity index (χ3n) is 8.61. The predicted molar refractivity (Wildman–Crippen MR) is 138 cm³/mol. The second kappa shape index (κ2) is 8.95. The quantitative estimate of drug-likeness (QED) is 0.451. The Morgan fingerprint density at radius 2 is 1.55 bits per heavy atom. The molecule has 40 heavy (non-hydrogen) atoms. The van der Waals surface area contributed by atoms with E-state index in [-0.39, 0.29) is 52.6 Å². The Morgan fingerprint density at radius 3 is 2.17 bits per heavy atom. The topological polar surface area (TPSA) is 112 Å². The summed E-state index contributed by atoms with van der Waals surface area (Å²) in [5, 5.41) is 0.218. The van der Waals surface area contributed by atoms with Gasteiger partial charge in [-0.3, -0.25) is 15.0 Å². The Labute approximate surface area is 226 Å². The van der Waals surface area contributed by atoms with Gasteiger partial charge in [0.25, 0.3) is 11.8 Å². The van der Waals surface area contributed by atoms with Gasteiger partial charge in [-0.15, -0.1) is 5.53 Å². The largest absolute Gasteiger partial charge is 0.493 e. The van der Waals surface area contributed by atoms with E-state index >= 15 is 0 Å². The number of aromatic nitrogens is 2. The fourth-order valence-corrected chi connectivity index (χ4v) is 6.72. The molecule has 10 nitrogen and oxygen atoms in total. The molecule has 208 valence electrons. The maximum Gasteiger partial charge on any atom is 0.416 e. The molecule has 3 N–H and O–H groups in total. The van der Waals surface area contributed by atoms with Crippen molar-refractivity contribution >= 4 is 34.2 Å². The number of benzene rings is 1. The molecule has 2 amide bonds. The molecule has 4 aliphatic rings. The SMILES string of the molecule is CCOc1cc(C(=O)N2CC3C(C2)[C@@H]2CN(C(=O)c4ccc5c(n4)NNN5)C[C@H]32)nc2ccc(C(F)(F)F)cc12. The van der Waals surface area contributed by atoms with Crippen LogP contribution in [0.3, 0.4) is 0 Å². The number of nitrogens with zero attached hydrogens (tertiary/aromatic N) is 4. The van der Waals surface area contributed by atoms with Gasteiger partial charge < -0.3 is 20.0 Å². The maximum atomic E-state index is 13.5. The second-order valence-corrected chi connectivity index (χ2v) is 10.7. The number of fused-ring (bicyclic) bond motifs is 6. The van der Waals surface area contributed by atoms with Crippen LogP contribution in [0.4, 0.5) is 24.7 Å². The highest BCUT2D eigenvalue weighted by Gasteiger charge is 2.59. The molecule has 0 radical (unpaired) electrons. The zero-order chi connectivity index (χ0) is 27.8. The van der Waals surface area contributed by atoms with Gasteiger partial charge in [-0.05, 0) is 60.9 Å². The van der Waals surface area contributed by atoms with Crippen molar-refractivity contribution in [3.05, 3.63) is 53.3 Å². The molecule has 0 bridgehead atoms. The summed E-state index contributed by atoms with van der Waals surface area (Å²) in [6.07, 6.45) is -4.50. The third-order valence-corrected chi connectivity index (χ3v) is 8.61. The van der Waals surface area contributed by atoms with Crippen LogP contribution in [-0.4, -0.2) is 64.4 Å². The van der Waals surface area contributed by atoms with E-state index in [0.717, 1.165) is 17.8 Å². The van der Waals surface area contributed by atoms with Crippen molar-refractivity contribution in [3.63, 3.8) is 0 Å². The lowest BCUT2D eigenvalue weighted by atomic mass is 9.60. The fourth-order valence-electron chi connectivity index (χ4n) is 6.72. The van der Waals surface area contributed by atoms with Crippen molar-refractivity contribution in [2.45, 2.75) is 13.1 Å². The van der Waals surface area contributed by atoms with E-state index in [9.17, 15) is 22.8 Å². The average Bonchev–Trinajstić information content (AvgIpc) is 3.66. The van der Waals surface area contributed by atoms with Crippen LogP contribution in [0.25, 0.3) is 10.9 Å². The zero-order valence-electron chi connectivity index (χ0n) is 21.5. The molecule has 5 heterocycles. The first kappa shape index (κ1) is 24.9. The molecule has 7 rings (SSSR count). The minimum Gasteiger partial charge on any atom is -0.493 e. The number of nitrogens with one attached hydrogen (secondary N) is 3. The average molecular weight is 554 g/mol. The number of ether oxygens (including phenoxy) is 1. The molecule has 13 heteroatoms. The van der Waals surface area contributed by atoms with E-state index in [0.29, 0.717) is 49.5 Å². The van der Waals surface area contributed by atoms with Crippen LogP contribution < -0.4 is 21.1 Å². The Kier molecular flexibility index (Phi) is 5.56. The second-order valence-electron chi connectivity index (χ2n) is 10.7. The minimum absolute atomic E-state index is 0.102. The number of hydrogen-bond acceptors (Lipinski definition) is 8. The number of amides is 2. The van der Waals surface area contributed by atoms with Crippen LogP contribution in [0.5, 0.6) is 5.75 Å². The van der Waals surface area contributed by atoms with Crippen molar-refractivity contribution < 1.29 is 27.5 Å². The highest BCUT2D eigenvalue weighted by Crippen LogP contribution is 2.54. The lowest BCUT2D eigenvalue weighted by Gasteiger charge is -2.42. The first-order chi connectivity index (χ1) is 19.2. The monoisotopic (exact) mass is 553 g/mol. The van der Waals surface area contributed by atoms with Crippen LogP contribution in [0, 0.1) is 23.7 Å². The number of carbonyl (C=O) groups is 2. The summed E-state index contributed by atoms with van der Waals surface area (Å²) in [6, 6.07) is 8.21. The molecular weight excluding hydrogens is 527 g/mol. The van der Waals surface area contributed by atoms with Gasteiger partial charge in [0.15, 0.2) is 5.82 Å². The number of carbonyl (C=O) groups excluding carboxylic acids is 2. The molecule has 2 unspecified atom stereocenters. The van der Waals surface area contributed by atoms with Gasteiger partial charge in [-0.25, -0.2) is 9.97 Å². The molecular formula is C27H26F3N7O3. The molecule has 2 aromatic heterocycles. The first-order valence-electron chi connectivity index (χ1n) is 13.2. The lowest BCUT2D eigenvalue weighted by Crippen LogP contribution is -2.44. The molecule has 2 saturated heterocycles. The van der Waals surface area contributed by atoms with E-state index in [4.69, 9.17) is 4.74 Å². The van der Waals surface area contributed by atoms with Gasteiger partial charge >= 0.3 is 6.18 Å². The number of anilines is 2. The van der Waals surface area contributed by atoms with E-state index in [2.05, 4.69) is 26.4 Å². The van der Waals surface area contributed by atoms with Crippen LogP contribution in [0.2, 0.25) is 0 Å². The van der Waals surface area contributed by atoms with Crippen molar-refractivity contribution in [1.82, 2.24) is 25.3 Å². The lowest BCUT2D eigenvalue weighted by molar-refractivity contribution is -0.137. The van der Waals surface area contributed by atoms with Crippen LogP contribution in [0.15, 0.2) is 36.4 Å². The van der Waals surface area contributed by atoms with Crippen LogP contribution in [0.1, 0.15) is 33.5 Å². The summed E-state index contributed by atoms with van der Waals surface area (Å²) in [7, 11) is 0. The molecule has 1 saturated carbocycles. The van der Waals surface area contributed by atoms with E-state index in [1.54, 1.807) is 24.0 Å². The normalized spacial score (nSPS) is 24.6. The number of halogens is 3. The van der Waals surface area contributed by atoms with Gasteiger partial charge in [0.2, 0.25) is 0 Å². The van der Waals surface area contributed by atoms with Gasteiger partial charge in [0.1, 0.15) is 17.1 Å². The van der Waals surface area contributed by atoms with E-state index in [1.165, 1.54) is 12.1 Å². The summed E-state index contributed by atoms with van der Waals surface area (Å²) < 4.78 is 45.4. The Bertz CT molecular complexity index is 1530. The summed E-state index contributed by atoms with van der Waals surface area (Å²) in [5.41, 5.74) is 9.31. The number of hydrazine groups is 2. The van der Waals surface area contributed by atoms with Gasteiger partial charge in [0.05, 0.1) is 23.4 Å². The molecule has 0 spiro atoms. The molecule has 1 aromatic carbocycles. The number of rotatable bonds is 4. The number of hydrogen-bond donors (Lipinski definition) is 3. The Hall–Kier alpha value is -4.13. The first-order valence-corrected chi connectivity index (χ1v) is 13.2. The standard InChI is InChI=1S/C27H26F3N7O3/c1-2-40-23-8-22(31-19-4-3-13(7-14(19)23)27(28,29)30)26(39)37-11-17-15-9-36(10-16(15)18(17)12-37)25(38)21-6-5-20-24(32-21)34-35-33-20/h3-8,15-18,33,35H,2,9-12H2,1H3,(H,32,34)/t15-,16+,17?,18?. The smallest absolute Gasteiger partial charge is 0.416 e. The van der Waals surface area contributed by atoms with Crippen LogP contribution in [-0.2, 0) is 6.18 Å². The Morgan fingerprint density at radius 1 is 0.900 bits per heavy atom. The molecule has 4 atom stereocenters. The summed E-state index contributed by atoms with van der Waals surface area (Å²) in [6.45, 7) is 4.33. The molecule has 3 fully saturated rings. The van der Waals surface area contributed by atoms with Gasteiger partial charge in [-0.2, -0.15) is 13.2 Å². The Balaban J connectivity index is 1.06. The summed E-state index contributed by atoms with van der Waals surface area (Å²) >= 11 is 0. The highest BCUT2D eigenvalue weighted by molar-refractivity contribution is 5.97. The van der Waals surface area contributed by atoms with Crippen LogP contribution >= 0.6 is 0 Å².